The number of hydrogen-bond acceptors (Lipinski definition) is 3. The Morgan fingerprint density at radius 2 is 2.06 bits per heavy atom. The number of nitrogens with zero attached hydrogens (tertiary/aromatic N) is 1. The van der Waals surface area contributed by atoms with Crippen molar-refractivity contribution in [3.8, 4) is 5.75 Å². The van der Waals surface area contributed by atoms with Crippen LogP contribution in [0.4, 0.5) is 18.9 Å². The number of hydrogen-bond donors (Lipinski definition) is 0. The van der Waals surface area contributed by atoms with Crippen molar-refractivity contribution in [3.63, 3.8) is 0 Å². The Morgan fingerprint density at radius 1 is 1.39 bits per heavy atom. The average Bonchev–Trinajstić information content (AvgIpc) is 2.24. The van der Waals surface area contributed by atoms with E-state index in [0.717, 1.165) is 18.2 Å². The first-order valence-corrected chi connectivity index (χ1v) is 5.46. The van der Waals surface area contributed by atoms with E-state index in [1.54, 1.807) is 0 Å². The Kier molecular flexibility index (Phi) is 4.77. The number of nitro benzene ring substituents is 1. The second kappa shape index (κ2) is 5.90. The van der Waals surface area contributed by atoms with Crippen molar-refractivity contribution in [1.29, 1.82) is 0 Å². The van der Waals surface area contributed by atoms with Gasteiger partial charge in [-0.25, -0.2) is 0 Å². The number of benzene rings is 1. The molecule has 1 aromatic carbocycles. The van der Waals surface area contributed by atoms with Gasteiger partial charge in [0.25, 0.3) is 5.69 Å². The van der Waals surface area contributed by atoms with Gasteiger partial charge in [0.2, 0.25) is 0 Å². The van der Waals surface area contributed by atoms with Crippen LogP contribution in [0, 0.1) is 10.1 Å². The zero-order valence-electron chi connectivity index (χ0n) is 9.04. The average molecular weight is 284 g/mol. The third-order valence-corrected chi connectivity index (χ3v) is 2.36. The van der Waals surface area contributed by atoms with E-state index in [9.17, 15) is 23.3 Å². The molecule has 0 saturated heterocycles. The van der Waals surface area contributed by atoms with Gasteiger partial charge in [0.1, 0.15) is 5.75 Å². The Morgan fingerprint density at radius 3 is 2.56 bits per heavy atom. The molecule has 0 aliphatic heterocycles. The molecule has 0 saturated carbocycles. The van der Waals surface area contributed by atoms with Crippen LogP contribution in [0.3, 0.4) is 0 Å². The van der Waals surface area contributed by atoms with Gasteiger partial charge in [0, 0.05) is 11.9 Å². The van der Waals surface area contributed by atoms with Gasteiger partial charge in [0.15, 0.2) is 0 Å². The fourth-order valence-electron chi connectivity index (χ4n) is 1.44. The molecule has 8 heteroatoms. The Balaban J connectivity index is 3.15. The molecule has 4 nitrogen and oxygen atoms in total. The van der Waals surface area contributed by atoms with Crippen molar-refractivity contribution >= 4 is 17.3 Å². The summed E-state index contributed by atoms with van der Waals surface area (Å²) in [5.41, 5.74) is -0.498. The molecule has 0 spiro atoms. The molecule has 0 bridgehead atoms. The van der Waals surface area contributed by atoms with Crippen molar-refractivity contribution in [2.45, 2.75) is 19.2 Å². The van der Waals surface area contributed by atoms with E-state index in [1.165, 1.54) is 0 Å². The van der Waals surface area contributed by atoms with Crippen molar-refractivity contribution in [2.24, 2.45) is 0 Å². The van der Waals surface area contributed by atoms with Gasteiger partial charge in [-0.15, -0.1) is 24.8 Å². The number of halogens is 4. The summed E-state index contributed by atoms with van der Waals surface area (Å²) in [6.07, 6.45) is -4.52. The topological polar surface area (TPSA) is 52.4 Å². The van der Waals surface area contributed by atoms with Crippen LogP contribution in [0.25, 0.3) is 0 Å². The first-order chi connectivity index (χ1) is 8.35. The lowest BCUT2D eigenvalue weighted by Gasteiger charge is -2.12. The molecule has 0 heterocycles. The highest BCUT2D eigenvalue weighted by atomic mass is 35.5. The Labute approximate surface area is 105 Å². The zero-order chi connectivity index (χ0) is 13.8. The van der Waals surface area contributed by atoms with Crippen molar-refractivity contribution in [3.05, 3.63) is 33.9 Å². The van der Waals surface area contributed by atoms with Gasteiger partial charge in [0.05, 0.1) is 10.5 Å². The van der Waals surface area contributed by atoms with Gasteiger partial charge in [-0.05, 0) is 18.9 Å². The lowest BCUT2D eigenvalue weighted by Crippen LogP contribution is -2.18. The molecule has 18 heavy (non-hydrogen) atoms. The molecule has 0 unspecified atom stereocenters. The van der Waals surface area contributed by atoms with Crippen LogP contribution < -0.4 is 4.74 Å². The summed E-state index contributed by atoms with van der Waals surface area (Å²) in [5.74, 6) is -0.362. The summed E-state index contributed by atoms with van der Waals surface area (Å²) in [5, 5.41) is 10.7. The van der Waals surface area contributed by atoms with Crippen molar-refractivity contribution in [1.82, 2.24) is 0 Å². The van der Waals surface area contributed by atoms with Crippen LogP contribution in [-0.2, 0) is 6.42 Å². The van der Waals surface area contributed by atoms with Crippen LogP contribution in [0.2, 0.25) is 0 Å². The molecule has 0 atom stereocenters. The van der Waals surface area contributed by atoms with E-state index in [2.05, 4.69) is 4.74 Å². The molecular weight excluding hydrogens is 275 g/mol. The van der Waals surface area contributed by atoms with Gasteiger partial charge in [-0.2, -0.15) is 0 Å². The van der Waals surface area contributed by atoms with E-state index >= 15 is 0 Å². The monoisotopic (exact) mass is 283 g/mol. The molecule has 0 aliphatic carbocycles. The normalized spacial score (nSPS) is 11.3. The van der Waals surface area contributed by atoms with Crippen molar-refractivity contribution in [2.75, 3.05) is 5.88 Å². The van der Waals surface area contributed by atoms with Crippen LogP contribution in [0.5, 0.6) is 5.75 Å². The molecule has 0 N–H and O–H groups in total. The number of ether oxygens (including phenoxy) is 1. The number of rotatable bonds is 5. The van der Waals surface area contributed by atoms with E-state index in [1.807, 2.05) is 0 Å². The highest BCUT2D eigenvalue weighted by molar-refractivity contribution is 6.17. The van der Waals surface area contributed by atoms with E-state index in [4.69, 9.17) is 11.6 Å². The van der Waals surface area contributed by atoms with Crippen LogP contribution in [0.1, 0.15) is 12.0 Å². The second-order valence-corrected chi connectivity index (χ2v) is 3.73. The van der Waals surface area contributed by atoms with E-state index < -0.39 is 22.7 Å². The summed E-state index contributed by atoms with van der Waals surface area (Å²) in [6.45, 7) is 0. The van der Waals surface area contributed by atoms with Crippen LogP contribution in [0.15, 0.2) is 18.2 Å². The van der Waals surface area contributed by atoms with Gasteiger partial charge in [-0.1, -0.05) is 6.07 Å². The maximum absolute atomic E-state index is 12.2. The molecule has 0 aliphatic rings. The molecular formula is C10H9ClF3NO3. The third kappa shape index (κ3) is 4.06. The quantitative estimate of drug-likeness (QED) is 0.471. The summed E-state index contributed by atoms with van der Waals surface area (Å²) < 4.78 is 40.2. The summed E-state index contributed by atoms with van der Waals surface area (Å²) >= 11 is 5.44. The van der Waals surface area contributed by atoms with Gasteiger partial charge >= 0.3 is 6.36 Å². The zero-order valence-corrected chi connectivity index (χ0v) is 9.79. The second-order valence-electron chi connectivity index (χ2n) is 3.35. The highest BCUT2D eigenvalue weighted by Crippen LogP contribution is 2.33. The number of alkyl halides is 4. The fraction of sp³-hybridized carbons (Fsp3) is 0.400. The predicted molar refractivity (Wildman–Crippen MR) is 58.8 cm³/mol. The Hall–Kier alpha value is -1.50. The molecule has 0 amide bonds. The molecule has 1 rings (SSSR count). The molecule has 100 valence electrons. The Bertz CT molecular complexity index is 437. The van der Waals surface area contributed by atoms with Crippen LogP contribution in [-0.4, -0.2) is 17.2 Å². The maximum Gasteiger partial charge on any atom is 0.573 e. The lowest BCUT2D eigenvalue weighted by molar-refractivity contribution is -0.385. The minimum Gasteiger partial charge on any atom is -0.405 e. The maximum atomic E-state index is 12.2. The van der Waals surface area contributed by atoms with Crippen molar-refractivity contribution < 1.29 is 22.8 Å². The highest BCUT2D eigenvalue weighted by Gasteiger charge is 2.33. The minimum atomic E-state index is -4.88. The third-order valence-electron chi connectivity index (χ3n) is 2.09. The fourth-order valence-corrected chi connectivity index (χ4v) is 1.57. The van der Waals surface area contributed by atoms with Crippen LogP contribution >= 0.6 is 11.6 Å². The minimum absolute atomic E-state index is 0.0477. The molecule has 0 aromatic heterocycles. The first-order valence-electron chi connectivity index (χ1n) is 4.93. The van der Waals surface area contributed by atoms with Gasteiger partial charge < -0.3 is 4.74 Å². The molecule has 1 aromatic rings. The smallest absolute Gasteiger partial charge is 0.405 e. The SMILES string of the molecule is O=[N+]([O-])c1cccc(OC(F)(F)F)c1CCCCl. The standard InChI is InChI=1S/C10H9ClF3NO3/c11-6-2-3-7-8(15(16)17)4-1-5-9(7)18-10(12,13)14/h1,4-5H,2-3,6H2. The summed E-state index contributed by atoms with van der Waals surface area (Å²) in [7, 11) is 0. The number of nitro groups is 1. The largest absolute Gasteiger partial charge is 0.573 e. The predicted octanol–water partition coefficient (Wildman–Crippen LogP) is 3.66. The first kappa shape index (κ1) is 14.6. The molecule has 0 radical (unpaired) electrons. The molecule has 0 fully saturated rings. The van der Waals surface area contributed by atoms with Gasteiger partial charge in [-0.3, -0.25) is 10.1 Å². The summed E-state index contributed by atoms with van der Waals surface area (Å²) in [6, 6.07) is 3.32. The van der Waals surface area contributed by atoms with E-state index in [0.29, 0.717) is 6.42 Å². The summed E-state index contributed by atoms with van der Waals surface area (Å²) in [4.78, 5) is 10.00. The van der Waals surface area contributed by atoms with E-state index in [-0.39, 0.29) is 17.9 Å². The lowest BCUT2D eigenvalue weighted by atomic mass is 10.1.